The molecule has 0 heterocycles. The zero-order valence-electron chi connectivity index (χ0n) is 15.6. The first-order valence-electron chi connectivity index (χ1n) is 8.33. The summed E-state index contributed by atoms with van der Waals surface area (Å²) >= 11 is 0. The van der Waals surface area contributed by atoms with E-state index in [1.54, 1.807) is 0 Å². The minimum Gasteiger partial charge on any atom is -0.462 e. The normalized spacial score (nSPS) is 11.7. The van der Waals surface area contributed by atoms with E-state index < -0.39 is 104 Å². The highest BCUT2D eigenvalue weighted by Crippen LogP contribution is 2.28. The fourth-order valence-electron chi connectivity index (χ4n) is 2.26. The van der Waals surface area contributed by atoms with Crippen LogP contribution in [-0.2, 0) is 19.0 Å². The molecule has 0 saturated heterocycles. The molecule has 0 aliphatic heterocycles. The molecule has 182 valence electrons. The molecule has 0 spiro atoms. The molecule has 0 bridgehead atoms. The second-order valence-electron chi connectivity index (χ2n) is 5.96. The number of unbranched alkanes of at least 4 members (excludes halogenated alkanes) is 1. The molecule has 5 nitrogen and oxygen atoms in total. The number of esters is 1. The molecule has 2 aromatic carbocycles. The van der Waals surface area contributed by atoms with Gasteiger partial charge in [0.2, 0.25) is 11.6 Å². The van der Waals surface area contributed by atoms with Gasteiger partial charge in [-0.05, 0) is 12.8 Å². The first-order valence-corrected chi connectivity index (χ1v) is 9.74. The van der Waals surface area contributed by atoms with Crippen molar-refractivity contribution in [2.45, 2.75) is 17.7 Å². The molecule has 0 unspecified atom stereocenters. The Morgan fingerprint density at radius 3 is 1.39 bits per heavy atom. The Morgan fingerprint density at radius 2 is 0.939 bits per heavy atom. The molecule has 0 aliphatic rings. The average Bonchev–Trinajstić information content (AvgIpc) is 2.75. The molecule has 2 rings (SSSR count). The van der Waals surface area contributed by atoms with Gasteiger partial charge in [0.1, 0.15) is 5.56 Å². The topological polar surface area (TPSA) is 69.7 Å². The standard InChI is InChI=1S/C17H8F10O5S/c18-6-5(7(19)9(21)10(22)8(6)20)17(28)31-3-1-2-4-32-33(29,30)16-14(26)12(24)11(23)13(25)15(16)27/h1-4H2. The van der Waals surface area contributed by atoms with Crippen molar-refractivity contribution in [2.24, 2.45) is 0 Å². The lowest BCUT2D eigenvalue weighted by Gasteiger charge is -2.10. The van der Waals surface area contributed by atoms with Crippen molar-refractivity contribution in [1.82, 2.24) is 0 Å². The van der Waals surface area contributed by atoms with Gasteiger partial charge in [-0.1, -0.05) is 0 Å². The van der Waals surface area contributed by atoms with Crippen molar-refractivity contribution in [3.05, 3.63) is 63.7 Å². The SMILES string of the molecule is O=C(OCCCCOS(=O)(=O)c1c(F)c(F)c(F)c(F)c1F)c1c(F)c(F)c(F)c(F)c1F. The van der Waals surface area contributed by atoms with E-state index in [9.17, 15) is 57.1 Å². The number of carbonyl (C=O) groups is 1. The molecule has 0 aliphatic carbocycles. The summed E-state index contributed by atoms with van der Waals surface area (Å²) < 4.78 is 164. The van der Waals surface area contributed by atoms with Crippen LogP contribution in [0.1, 0.15) is 23.2 Å². The van der Waals surface area contributed by atoms with E-state index in [0.29, 0.717) is 0 Å². The maximum absolute atomic E-state index is 13.5. The fraction of sp³-hybridized carbons (Fsp3) is 0.235. The summed E-state index contributed by atoms with van der Waals surface area (Å²) in [6.07, 6.45) is -0.813. The molecule has 16 heteroatoms. The van der Waals surface area contributed by atoms with Crippen molar-refractivity contribution in [3.63, 3.8) is 0 Å². The van der Waals surface area contributed by atoms with E-state index in [1.165, 1.54) is 0 Å². The summed E-state index contributed by atoms with van der Waals surface area (Å²) in [5.74, 6) is -27.1. The zero-order valence-corrected chi connectivity index (χ0v) is 16.4. The van der Waals surface area contributed by atoms with Gasteiger partial charge in [0.15, 0.2) is 51.4 Å². The van der Waals surface area contributed by atoms with Crippen LogP contribution in [0.2, 0.25) is 0 Å². The van der Waals surface area contributed by atoms with Gasteiger partial charge in [0.25, 0.3) is 0 Å². The van der Waals surface area contributed by atoms with Gasteiger partial charge in [-0.3, -0.25) is 4.18 Å². The van der Waals surface area contributed by atoms with Crippen molar-refractivity contribution in [1.29, 1.82) is 0 Å². The van der Waals surface area contributed by atoms with Gasteiger partial charge < -0.3 is 4.74 Å². The van der Waals surface area contributed by atoms with Crippen LogP contribution in [0.25, 0.3) is 0 Å². The van der Waals surface area contributed by atoms with Crippen LogP contribution >= 0.6 is 0 Å². The van der Waals surface area contributed by atoms with Gasteiger partial charge in [-0.25, -0.2) is 48.7 Å². The highest BCUT2D eigenvalue weighted by atomic mass is 32.2. The molecule has 0 amide bonds. The predicted molar refractivity (Wildman–Crippen MR) is 85.1 cm³/mol. The second kappa shape index (κ2) is 9.94. The third-order valence-corrected chi connectivity index (χ3v) is 5.18. The Labute approximate surface area is 177 Å². The van der Waals surface area contributed by atoms with Gasteiger partial charge in [-0.2, -0.15) is 8.42 Å². The predicted octanol–water partition coefficient (Wildman–Crippen LogP) is 4.42. The molecular weight excluding hydrogens is 506 g/mol. The van der Waals surface area contributed by atoms with Crippen LogP contribution in [0.15, 0.2) is 4.90 Å². The number of ether oxygens (including phenoxy) is 1. The second-order valence-corrected chi connectivity index (χ2v) is 7.52. The summed E-state index contributed by atoms with van der Waals surface area (Å²) in [6.45, 7) is -1.72. The van der Waals surface area contributed by atoms with E-state index in [0.717, 1.165) is 0 Å². The lowest BCUT2D eigenvalue weighted by atomic mass is 10.1. The lowest BCUT2D eigenvalue weighted by molar-refractivity contribution is 0.0479. The summed E-state index contributed by atoms with van der Waals surface area (Å²) in [6, 6.07) is 0. The Bertz CT molecular complexity index is 1160. The van der Waals surface area contributed by atoms with Crippen molar-refractivity contribution >= 4 is 16.1 Å². The van der Waals surface area contributed by atoms with Crippen molar-refractivity contribution < 1.29 is 66.0 Å². The largest absolute Gasteiger partial charge is 0.462 e. The Hall–Kier alpha value is -2.88. The van der Waals surface area contributed by atoms with Crippen LogP contribution in [0.5, 0.6) is 0 Å². The number of benzene rings is 2. The van der Waals surface area contributed by atoms with Crippen LogP contribution < -0.4 is 0 Å². The van der Waals surface area contributed by atoms with Crippen LogP contribution in [0.4, 0.5) is 43.9 Å². The molecule has 0 aromatic heterocycles. The van der Waals surface area contributed by atoms with E-state index in [2.05, 4.69) is 8.92 Å². The van der Waals surface area contributed by atoms with Gasteiger partial charge in [-0.15, -0.1) is 0 Å². The van der Waals surface area contributed by atoms with Crippen molar-refractivity contribution in [3.8, 4) is 0 Å². The highest BCUT2D eigenvalue weighted by Gasteiger charge is 2.34. The van der Waals surface area contributed by atoms with Gasteiger partial charge >= 0.3 is 16.1 Å². The minimum atomic E-state index is -5.48. The van der Waals surface area contributed by atoms with Crippen molar-refractivity contribution in [2.75, 3.05) is 13.2 Å². The highest BCUT2D eigenvalue weighted by molar-refractivity contribution is 7.86. The van der Waals surface area contributed by atoms with Gasteiger partial charge in [0.05, 0.1) is 13.2 Å². The molecule has 0 atom stereocenters. The van der Waals surface area contributed by atoms with E-state index in [4.69, 9.17) is 0 Å². The molecular formula is C17H8F10O5S. The third kappa shape index (κ3) is 5.05. The zero-order chi connectivity index (χ0) is 25.2. The quantitative estimate of drug-likeness (QED) is 0.130. The maximum Gasteiger partial charge on any atom is 0.344 e. The smallest absolute Gasteiger partial charge is 0.344 e. The number of halogens is 10. The molecule has 0 saturated carbocycles. The summed E-state index contributed by atoms with van der Waals surface area (Å²) in [5.41, 5.74) is -1.88. The van der Waals surface area contributed by atoms with Crippen LogP contribution in [0.3, 0.4) is 0 Å². The Balaban J connectivity index is 1.97. The maximum atomic E-state index is 13.5. The number of carbonyl (C=O) groups excluding carboxylic acids is 1. The Morgan fingerprint density at radius 1 is 0.576 bits per heavy atom. The summed E-state index contributed by atoms with van der Waals surface area (Å²) in [5, 5.41) is 0. The van der Waals surface area contributed by atoms with E-state index in [1.807, 2.05) is 0 Å². The number of hydrogen-bond acceptors (Lipinski definition) is 5. The molecule has 0 N–H and O–H groups in total. The fourth-order valence-corrected chi connectivity index (χ4v) is 3.33. The lowest BCUT2D eigenvalue weighted by Crippen LogP contribution is -2.17. The average molecular weight is 514 g/mol. The van der Waals surface area contributed by atoms with E-state index >= 15 is 0 Å². The van der Waals surface area contributed by atoms with Crippen LogP contribution in [0, 0.1) is 58.2 Å². The van der Waals surface area contributed by atoms with Crippen LogP contribution in [-0.4, -0.2) is 27.6 Å². The third-order valence-electron chi connectivity index (χ3n) is 3.84. The monoisotopic (exact) mass is 514 g/mol. The Kier molecular flexibility index (Phi) is 7.95. The molecule has 33 heavy (non-hydrogen) atoms. The molecule has 0 radical (unpaired) electrons. The molecule has 0 fully saturated rings. The number of rotatable bonds is 8. The molecule has 2 aromatic rings. The first-order chi connectivity index (χ1) is 15.2. The number of hydrogen-bond donors (Lipinski definition) is 0. The summed E-state index contributed by atoms with van der Waals surface area (Å²) in [4.78, 5) is 9.34. The minimum absolute atomic E-state index is 0.381. The van der Waals surface area contributed by atoms with E-state index in [-0.39, 0.29) is 6.42 Å². The summed E-state index contributed by atoms with van der Waals surface area (Å²) in [7, 11) is -5.48. The first kappa shape index (κ1) is 26.4. The van der Waals surface area contributed by atoms with Gasteiger partial charge in [0, 0.05) is 0 Å².